The van der Waals surface area contributed by atoms with Crippen molar-refractivity contribution in [3.63, 3.8) is 0 Å². The molecule has 0 radical (unpaired) electrons. The molecule has 0 amide bonds. The van der Waals surface area contributed by atoms with Gasteiger partial charge < -0.3 is 21.3 Å². The van der Waals surface area contributed by atoms with E-state index in [1.807, 2.05) is 33.3 Å². The summed E-state index contributed by atoms with van der Waals surface area (Å²) in [5.74, 6) is 0.408. The maximum absolute atomic E-state index is 11.5. The third-order valence-electron chi connectivity index (χ3n) is 3.08. The Balaban J connectivity index is 2.49. The fourth-order valence-corrected chi connectivity index (χ4v) is 2.07. The van der Waals surface area contributed by atoms with E-state index in [9.17, 15) is 4.79 Å². The van der Waals surface area contributed by atoms with Gasteiger partial charge in [0, 0.05) is 38.6 Å². The SMILES string of the molecule is CNc1cc(NC)c(Nc2nc(C)cc(=O)[nH]2)c(NC)c1. The van der Waals surface area contributed by atoms with Gasteiger partial charge >= 0.3 is 0 Å². The van der Waals surface area contributed by atoms with Crippen LogP contribution in [0, 0.1) is 6.92 Å². The molecule has 0 aliphatic rings. The van der Waals surface area contributed by atoms with Gasteiger partial charge in [-0.15, -0.1) is 0 Å². The highest BCUT2D eigenvalue weighted by Crippen LogP contribution is 2.35. The van der Waals surface area contributed by atoms with Crippen molar-refractivity contribution in [1.82, 2.24) is 9.97 Å². The van der Waals surface area contributed by atoms with Gasteiger partial charge in [-0.3, -0.25) is 9.78 Å². The topological polar surface area (TPSA) is 93.9 Å². The minimum Gasteiger partial charge on any atom is -0.388 e. The first kappa shape index (κ1) is 14.7. The number of nitrogens with one attached hydrogen (secondary N) is 5. The van der Waals surface area contributed by atoms with Crippen molar-refractivity contribution in [2.45, 2.75) is 6.92 Å². The van der Waals surface area contributed by atoms with E-state index in [1.165, 1.54) is 6.07 Å². The summed E-state index contributed by atoms with van der Waals surface area (Å²) in [5.41, 5.74) is 4.03. The Hall–Kier alpha value is -2.70. The van der Waals surface area contributed by atoms with Gasteiger partial charge in [0.05, 0.1) is 17.1 Å². The molecular weight excluding hydrogens is 268 g/mol. The summed E-state index contributed by atoms with van der Waals surface area (Å²) in [5, 5.41) is 12.5. The molecule has 0 fully saturated rings. The van der Waals surface area contributed by atoms with E-state index in [4.69, 9.17) is 0 Å². The summed E-state index contributed by atoms with van der Waals surface area (Å²) in [6, 6.07) is 5.39. The molecule has 7 heteroatoms. The van der Waals surface area contributed by atoms with Crippen LogP contribution in [0.4, 0.5) is 28.7 Å². The average Bonchev–Trinajstić information content (AvgIpc) is 2.46. The van der Waals surface area contributed by atoms with Crippen LogP contribution in [0.15, 0.2) is 23.0 Å². The van der Waals surface area contributed by atoms with E-state index >= 15 is 0 Å². The normalized spacial score (nSPS) is 10.1. The monoisotopic (exact) mass is 288 g/mol. The number of hydrogen-bond acceptors (Lipinski definition) is 6. The van der Waals surface area contributed by atoms with Gasteiger partial charge in [0.15, 0.2) is 0 Å². The lowest BCUT2D eigenvalue weighted by atomic mass is 10.2. The van der Waals surface area contributed by atoms with Gasteiger partial charge in [0.25, 0.3) is 5.56 Å². The minimum atomic E-state index is -0.186. The predicted octanol–water partition coefficient (Wildman–Crippen LogP) is 1.95. The summed E-state index contributed by atoms with van der Waals surface area (Å²) >= 11 is 0. The van der Waals surface area contributed by atoms with E-state index in [2.05, 4.69) is 31.2 Å². The summed E-state index contributed by atoms with van der Waals surface area (Å²) in [6.45, 7) is 1.78. The van der Waals surface area contributed by atoms with Crippen LogP contribution in [-0.4, -0.2) is 31.1 Å². The fraction of sp³-hybridized carbons (Fsp3) is 0.286. The smallest absolute Gasteiger partial charge is 0.252 e. The molecule has 2 aromatic rings. The highest BCUT2D eigenvalue weighted by atomic mass is 16.1. The van der Waals surface area contributed by atoms with E-state index < -0.39 is 0 Å². The molecular formula is C14H20N6O. The van der Waals surface area contributed by atoms with Crippen molar-refractivity contribution >= 4 is 28.7 Å². The Morgan fingerprint density at radius 3 is 2.10 bits per heavy atom. The van der Waals surface area contributed by atoms with Gasteiger partial charge in [-0.25, -0.2) is 4.98 Å². The first-order valence-corrected chi connectivity index (χ1v) is 6.63. The number of aromatic amines is 1. The number of H-pyrrole nitrogens is 1. The molecule has 0 saturated carbocycles. The van der Waals surface area contributed by atoms with Crippen LogP contribution in [0.3, 0.4) is 0 Å². The molecule has 1 heterocycles. The number of rotatable bonds is 5. The second-order valence-electron chi connectivity index (χ2n) is 4.56. The van der Waals surface area contributed by atoms with Crippen molar-refractivity contribution in [1.29, 1.82) is 0 Å². The molecule has 0 bridgehead atoms. The van der Waals surface area contributed by atoms with E-state index in [0.29, 0.717) is 11.6 Å². The molecule has 0 atom stereocenters. The summed E-state index contributed by atoms with van der Waals surface area (Å²) in [6.07, 6.45) is 0. The Morgan fingerprint density at radius 1 is 1.00 bits per heavy atom. The summed E-state index contributed by atoms with van der Waals surface area (Å²) in [4.78, 5) is 18.5. The molecule has 7 nitrogen and oxygen atoms in total. The zero-order valence-electron chi connectivity index (χ0n) is 12.6. The standard InChI is InChI=1S/C14H20N6O/c1-8-5-12(21)19-14(18-8)20-13-10(16-3)6-9(15-2)7-11(13)17-4/h5-7,15-17H,1-4H3,(H2,18,19,20,21). The number of aromatic nitrogens is 2. The number of anilines is 5. The highest BCUT2D eigenvalue weighted by molar-refractivity contribution is 5.88. The predicted molar refractivity (Wildman–Crippen MR) is 88.0 cm³/mol. The van der Waals surface area contributed by atoms with Gasteiger partial charge in [-0.05, 0) is 19.1 Å². The van der Waals surface area contributed by atoms with Crippen LogP contribution in [-0.2, 0) is 0 Å². The number of benzene rings is 1. The largest absolute Gasteiger partial charge is 0.388 e. The fourth-order valence-electron chi connectivity index (χ4n) is 2.07. The molecule has 112 valence electrons. The van der Waals surface area contributed by atoms with Crippen molar-refractivity contribution in [2.24, 2.45) is 0 Å². The molecule has 2 rings (SSSR count). The van der Waals surface area contributed by atoms with Gasteiger partial charge in [-0.1, -0.05) is 0 Å². The summed E-state index contributed by atoms with van der Waals surface area (Å²) < 4.78 is 0. The Morgan fingerprint density at radius 2 is 1.62 bits per heavy atom. The minimum absolute atomic E-state index is 0.186. The first-order valence-electron chi connectivity index (χ1n) is 6.63. The Kier molecular flexibility index (Phi) is 4.32. The second kappa shape index (κ2) is 6.17. The quantitative estimate of drug-likeness (QED) is 0.577. The Bertz CT molecular complexity index is 669. The lowest BCUT2D eigenvalue weighted by molar-refractivity contribution is 1.07. The molecule has 0 unspecified atom stereocenters. The molecule has 21 heavy (non-hydrogen) atoms. The lowest BCUT2D eigenvalue weighted by Crippen LogP contribution is -2.12. The van der Waals surface area contributed by atoms with Gasteiger partial charge in [0.2, 0.25) is 5.95 Å². The third kappa shape index (κ3) is 3.25. The van der Waals surface area contributed by atoms with Gasteiger partial charge in [0.1, 0.15) is 0 Å². The zero-order chi connectivity index (χ0) is 15.4. The average molecular weight is 288 g/mol. The first-order chi connectivity index (χ1) is 10.1. The van der Waals surface area contributed by atoms with E-state index in [0.717, 1.165) is 22.7 Å². The van der Waals surface area contributed by atoms with Crippen LogP contribution in [0.1, 0.15) is 5.69 Å². The van der Waals surface area contributed by atoms with Crippen LogP contribution in [0.5, 0.6) is 0 Å². The van der Waals surface area contributed by atoms with Gasteiger partial charge in [-0.2, -0.15) is 0 Å². The van der Waals surface area contributed by atoms with Crippen LogP contribution >= 0.6 is 0 Å². The zero-order valence-corrected chi connectivity index (χ0v) is 12.6. The second-order valence-corrected chi connectivity index (χ2v) is 4.56. The third-order valence-corrected chi connectivity index (χ3v) is 3.08. The van der Waals surface area contributed by atoms with Crippen molar-refractivity contribution < 1.29 is 0 Å². The molecule has 5 N–H and O–H groups in total. The number of hydrogen-bond donors (Lipinski definition) is 5. The molecule has 0 aliphatic heterocycles. The highest BCUT2D eigenvalue weighted by Gasteiger charge is 2.11. The van der Waals surface area contributed by atoms with Crippen molar-refractivity contribution in [3.8, 4) is 0 Å². The molecule has 0 saturated heterocycles. The van der Waals surface area contributed by atoms with Crippen molar-refractivity contribution in [2.75, 3.05) is 42.4 Å². The molecule has 0 aliphatic carbocycles. The lowest BCUT2D eigenvalue weighted by Gasteiger charge is -2.17. The van der Waals surface area contributed by atoms with Crippen LogP contribution in [0.2, 0.25) is 0 Å². The van der Waals surface area contributed by atoms with E-state index in [-0.39, 0.29) is 5.56 Å². The molecule has 0 spiro atoms. The maximum atomic E-state index is 11.5. The maximum Gasteiger partial charge on any atom is 0.252 e. The van der Waals surface area contributed by atoms with Crippen LogP contribution < -0.4 is 26.8 Å². The number of aryl methyl sites for hydroxylation is 1. The number of nitrogens with zero attached hydrogens (tertiary/aromatic N) is 1. The molecule has 1 aromatic carbocycles. The van der Waals surface area contributed by atoms with E-state index in [1.54, 1.807) is 6.92 Å². The van der Waals surface area contributed by atoms with Crippen LogP contribution in [0.25, 0.3) is 0 Å². The molecule has 1 aromatic heterocycles. The summed E-state index contributed by atoms with van der Waals surface area (Å²) in [7, 11) is 5.54. The van der Waals surface area contributed by atoms with Crippen molar-refractivity contribution in [3.05, 3.63) is 34.2 Å². The Labute approximate surface area is 123 Å².